The van der Waals surface area contributed by atoms with Gasteiger partial charge in [0.25, 0.3) is 0 Å². The fourth-order valence-electron chi connectivity index (χ4n) is 3.63. The van der Waals surface area contributed by atoms with Gasteiger partial charge in [-0.25, -0.2) is 0 Å². The number of anilines is 1. The van der Waals surface area contributed by atoms with Gasteiger partial charge in [-0.15, -0.1) is 0 Å². The van der Waals surface area contributed by atoms with E-state index in [1.165, 1.54) is 31.2 Å². The van der Waals surface area contributed by atoms with Crippen LogP contribution in [-0.2, 0) is 11.2 Å². The average molecular weight is 272 g/mol. The molecule has 0 aromatic heterocycles. The van der Waals surface area contributed by atoms with Crippen molar-refractivity contribution < 1.29 is 4.79 Å². The summed E-state index contributed by atoms with van der Waals surface area (Å²) in [4.78, 5) is 12.5. The maximum absolute atomic E-state index is 12.5. The van der Waals surface area contributed by atoms with E-state index < -0.39 is 0 Å². The molecule has 108 valence electrons. The Bertz CT molecular complexity index is 461. The van der Waals surface area contributed by atoms with E-state index in [0.717, 1.165) is 18.5 Å². The Balaban J connectivity index is 1.60. The number of nitrogens with one attached hydrogen (secondary N) is 2. The van der Waals surface area contributed by atoms with Gasteiger partial charge in [0.1, 0.15) is 6.04 Å². The molecule has 0 radical (unpaired) electrons. The highest BCUT2D eigenvalue weighted by molar-refractivity contribution is 5.87. The van der Waals surface area contributed by atoms with Gasteiger partial charge in [-0.1, -0.05) is 44.4 Å². The third-order valence-corrected chi connectivity index (χ3v) is 4.85. The molecule has 1 heterocycles. The van der Waals surface area contributed by atoms with Gasteiger partial charge in [-0.3, -0.25) is 4.79 Å². The number of amides is 1. The SMILES string of the molecule is CCC1CCCCC1NC(=O)C1Cc2ccccc2N1. The summed E-state index contributed by atoms with van der Waals surface area (Å²) in [7, 11) is 0. The van der Waals surface area contributed by atoms with Crippen LogP contribution >= 0.6 is 0 Å². The highest BCUT2D eigenvalue weighted by Crippen LogP contribution is 2.28. The average Bonchev–Trinajstić information content (AvgIpc) is 2.92. The number of fused-ring (bicyclic) bond motifs is 1. The smallest absolute Gasteiger partial charge is 0.243 e. The highest BCUT2D eigenvalue weighted by Gasteiger charge is 2.30. The number of para-hydroxylation sites is 1. The largest absolute Gasteiger partial charge is 0.373 e. The number of carbonyl (C=O) groups is 1. The summed E-state index contributed by atoms with van der Waals surface area (Å²) in [5.41, 5.74) is 2.37. The summed E-state index contributed by atoms with van der Waals surface area (Å²) in [6.45, 7) is 2.23. The molecule has 20 heavy (non-hydrogen) atoms. The lowest BCUT2D eigenvalue weighted by atomic mass is 9.83. The Morgan fingerprint density at radius 2 is 2.10 bits per heavy atom. The molecule has 0 saturated heterocycles. The molecule has 1 aromatic rings. The first-order valence-electron chi connectivity index (χ1n) is 7.92. The Labute approximate surface area is 121 Å². The minimum atomic E-state index is -0.0909. The van der Waals surface area contributed by atoms with Crippen LogP contribution in [0.5, 0.6) is 0 Å². The molecule has 3 unspecified atom stereocenters. The van der Waals surface area contributed by atoms with Gasteiger partial charge in [0.15, 0.2) is 0 Å². The van der Waals surface area contributed by atoms with Crippen LogP contribution in [0.3, 0.4) is 0 Å². The topological polar surface area (TPSA) is 41.1 Å². The zero-order valence-corrected chi connectivity index (χ0v) is 12.2. The van der Waals surface area contributed by atoms with Gasteiger partial charge in [0.05, 0.1) is 0 Å². The van der Waals surface area contributed by atoms with Crippen molar-refractivity contribution in [3.63, 3.8) is 0 Å². The fourth-order valence-corrected chi connectivity index (χ4v) is 3.63. The van der Waals surface area contributed by atoms with Crippen LogP contribution in [0.4, 0.5) is 5.69 Å². The summed E-state index contributed by atoms with van der Waals surface area (Å²) >= 11 is 0. The number of hydrogen-bond donors (Lipinski definition) is 2. The first-order chi connectivity index (χ1) is 9.78. The van der Waals surface area contributed by atoms with Gasteiger partial charge < -0.3 is 10.6 Å². The van der Waals surface area contributed by atoms with Crippen LogP contribution in [0, 0.1) is 5.92 Å². The maximum Gasteiger partial charge on any atom is 0.243 e. The molecule has 1 fully saturated rings. The zero-order chi connectivity index (χ0) is 13.9. The first-order valence-corrected chi connectivity index (χ1v) is 7.92. The summed E-state index contributed by atoms with van der Waals surface area (Å²) in [5, 5.41) is 6.64. The van der Waals surface area contributed by atoms with Gasteiger partial charge in [-0.05, 0) is 30.4 Å². The molecule has 1 aliphatic heterocycles. The number of carbonyl (C=O) groups excluding carboxylic acids is 1. The molecule has 1 aromatic carbocycles. The molecule has 0 bridgehead atoms. The van der Waals surface area contributed by atoms with Crippen molar-refractivity contribution in [2.24, 2.45) is 5.92 Å². The maximum atomic E-state index is 12.5. The molecule has 1 aliphatic carbocycles. The van der Waals surface area contributed by atoms with Crippen molar-refractivity contribution in [2.75, 3.05) is 5.32 Å². The Morgan fingerprint density at radius 3 is 2.90 bits per heavy atom. The van der Waals surface area contributed by atoms with E-state index in [2.05, 4.69) is 29.7 Å². The molecule has 3 nitrogen and oxygen atoms in total. The predicted octanol–water partition coefficient (Wildman–Crippen LogP) is 3.11. The quantitative estimate of drug-likeness (QED) is 0.887. The van der Waals surface area contributed by atoms with E-state index in [1.807, 2.05) is 12.1 Å². The van der Waals surface area contributed by atoms with Crippen molar-refractivity contribution >= 4 is 11.6 Å². The van der Waals surface area contributed by atoms with Gasteiger partial charge in [0.2, 0.25) is 5.91 Å². The second-order valence-corrected chi connectivity index (χ2v) is 6.13. The standard InChI is InChI=1S/C17H24N2O/c1-2-12-7-3-5-9-14(12)19-17(20)16-11-13-8-4-6-10-15(13)18-16/h4,6,8,10,12,14,16,18H,2-3,5,7,9,11H2,1H3,(H,19,20). The van der Waals surface area contributed by atoms with Crippen molar-refractivity contribution in [2.45, 2.75) is 57.5 Å². The molecule has 2 aliphatic rings. The molecule has 2 N–H and O–H groups in total. The van der Waals surface area contributed by atoms with E-state index in [-0.39, 0.29) is 11.9 Å². The molecule has 1 amide bonds. The number of hydrogen-bond acceptors (Lipinski definition) is 2. The van der Waals surface area contributed by atoms with Crippen LogP contribution in [0.25, 0.3) is 0 Å². The second-order valence-electron chi connectivity index (χ2n) is 6.13. The molecule has 0 spiro atoms. The summed E-state index contributed by atoms with van der Waals surface area (Å²) in [6, 6.07) is 8.50. The lowest BCUT2D eigenvalue weighted by molar-refractivity contribution is -0.123. The fraction of sp³-hybridized carbons (Fsp3) is 0.588. The molecule has 3 rings (SSSR count). The van der Waals surface area contributed by atoms with Crippen molar-refractivity contribution in [1.29, 1.82) is 0 Å². The van der Waals surface area contributed by atoms with E-state index in [1.54, 1.807) is 0 Å². The summed E-state index contributed by atoms with van der Waals surface area (Å²) < 4.78 is 0. The molecular formula is C17H24N2O. The third-order valence-electron chi connectivity index (χ3n) is 4.85. The van der Waals surface area contributed by atoms with Gasteiger partial charge in [0, 0.05) is 18.2 Å². The van der Waals surface area contributed by atoms with E-state index in [9.17, 15) is 4.79 Å². The lowest BCUT2D eigenvalue weighted by Gasteiger charge is -2.32. The van der Waals surface area contributed by atoms with Crippen molar-refractivity contribution in [3.05, 3.63) is 29.8 Å². The molecule has 3 atom stereocenters. The van der Waals surface area contributed by atoms with Crippen LogP contribution in [0.15, 0.2) is 24.3 Å². The first kappa shape index (κ1) is 13.5. The Morgan fingerprint density at radius 1 is 1.30 bits per heavy atom. The Hall–Kier alpha value is -1.51. The van der Waals surface area contributed by atoms with Gasteiger partial charge in [-0.2, -0.15) is 0 Å². The van der Waals surface area contributed by atoms with Crippen LogP contribution in [0.1, 0.15) is 44.6 Å². The van der Waals surface area contributed by atoms with Crippen molar-refractivity contribution in [1.82, 2.24) is 5.32 Å². The molecular weight excluding hydrogens is 248 g/mol. The summed E-state index contributed by atoms with van der Waals surface area (Å²) in [5.74, 6) is 0.836. The van der Waals surface area contributed by atoms with Gasteiger partial charge >= 0.3 is 0 Å². The predicted molar refractivity (Wildman–Crippen MR) is 81.7 cm³/mol. The van der Waals surface area contributed by atoms with Crippen LogP contribution < -0.4 is 10.6 Å². The van der Waals surface area contributed by atoms with Crippen LogP contribution in [0.2, 0.25) is 0 Å². The third kappa shape index (κ3) is 2.67. The minimum absolute atomic E-state index is 0.0909. The van der Waals surface area contributed by atoms with E-state index in [4.69, 9.17) is 0 Å². The highest BCUT2D eigenvalue weighted by atomic mass is 16.2. The number of rotatable bonds is 3. The van der Waals surface area contributed by atoms with Crippen LogP contribution in [-0.4, -0.2) is 18.0 Å². The van der Waals surface area contributed by atoms with E-state index >= 15 is 0 Å². The van der Waals surface area contributed by atoms with E-state index in [0.29, 0.717) is 12.0 Å². The normalized spacial score (nSPS) is 28.6. The molecule has 1 saturated carbocycles. The van der Waals surface area contributed by atoms with Crippen molar-refractivity contribution in [3.8, 4) is 0 Å². The number of benzene rings is 1. The monoisotopic (exact) mass is 272 g/mol. The summed E-state index contributed by atoms with van der Waals surface area (Å²) in [6.07, 6.45) is 6.95. The Kier molecular flexibility index (Phi) is 3.95. The minimum Gasteiger partial charge on any atom is -0.373 e. The lowest BCUT2D eigenvalue weighted by Crippen LogP contribution is -2.47. The molecule has 3 heteroatoms. The second kappa shape index (κ2) is 5.86. The zero-order valence-electron chi connectivity index (χ0n) is 12.2.